The van der Waals surface area contributed by atoms with Crippen LogP contribution in [0.15, 0.2) is 54.6 Å². The molecule has 5 heteroatoms. The van der Waals surface area contributed by atoms with E-state index in [1.165, 1.54) is 11.1 Å². The quantitative estimate of drug-likeness (QED) is 0.652. The summed E-state index contributed by atoms with van der Waals surface area (Å²) in [7, 11) is 0. The first kappa shape index (κ1) is 18.7. The molecule has 0 unspecified atom stereocenters. The third-order valence-corrected chi connectivity index (χ3v) is 4.49. The molecule has 1 aromatic heterocycles. The van der Waals surface area contributed by atoms with Crippen LogP contribution < -0.4 is 10.6 Å². The summed E-state index contributed by atoms with van der Waals surface area (Å²) < 4.78 is 1.79. The molecule has 2 aromatic carbocycles. The molecule has 1 heterocycles. The normalized spacial score (nSPS) is 11.3. The van der Waals surface area contributed by atoms with Crippen LogP contribution in [0.3, 0.4) is 0 Å². The second-order valence-corrected chi connectivity index (χ2v) is 7.79. The van der Waals surface area contributed by atoms with Crippen LogP contribution in [0.2, 0.25) is 0 Å². The molecule has 0 saturated heterocycles. The summed E-state index contributed by atoms with van der Waals surface area (Å²) >= 11 is 0. The Morgan fingerprint density at radius 3 is 2.26 bits per heavy atom. The Hall–Kier alpha value is -3.08. The fourth-order valence-electron chi connectivity index (χ4n) is 2.69. The predicted molar refractivity (Wildman–Crippen MR) is 111 cm³/mol. The molecule has 0 saturated carbocycles. The molecule has 0 atom stereocenters. The monoisotopic (exact) mass is 362 g/mol. The number of benzene rings is 2. The van der Waals surface area contributed by atoms with E-state index in [4.69, 9.17) is 5.10 Å². The first-order valence-electron chi connectivity index (χ1n) is 9.05. The number of para-hydroxylation sites is 1. The van der Waals surface area contributed by atoms with Crippen LogP contribution in [-0.4, -0.2) is 15.8 Å². The number of aryl methyl sites for hydroxylation is 2. The average molecular weight is 362 g/mol. The lowest BCUT2D eigenvalue weighted by atomic mass is 9.92. The maximum absolute atomic E-state index is 12.5. The van der Waals surface area contributed by atoms with E-state index in [2.05, 4.69) is 57.4 Å². The number of nitrogens with zero attached hydrogens (tertiary/aromatic N) is 2. The van der Waals surface area contributed by atoms with Gasteiger partial charge in [0, 0.05) is 17.2 Å². The molecule has 0 fully saturated rings. The van der Waals surface area contributed by atoms with Gasteiger partial charge in [-0.1, -0.05) is 45.0 Å². The lowest BCUT2D eigenvalue weighted by Gasteiger charge is -2.14. The number of amides is 2. The number of hydrogen-bond acceptors (Lipinski definition) is 2. The SMILES string of the molecule is Cc1ccc(-n2nc(C(C)(C)C)cc2NC(=O)Nc2ccccc2)cc1C. The van der Waals surface area contributed by atoms with Gasteiger partial charge in [0.2, 0.25) is 0 Å². The van der Waals surface area contributed by atoms with Crippen LogP contribution in [0.5, 0.6) is 0 Å². The van der Waals surface area contributed by atoms with Crippen LogP contribution in [0.4, 0.5) is 16.3 Å². The van der Waals surface area contributed by atoms with Gasteiger partial charge >= 0.3 is 6.03 Å². The largest absolute Gasteiger partial charge is 0.324 e. The van der Waals surface area contributed by atoms with Gasteiger partial charge in [0.05, 0.1) is 11.4 Å². The number of urea groups is 1. The zero-order valence-electron chi connectivity index (χ0n) is 16.5. The Morgan fingerprint density at radius 2 is 1.63 bits per heavy atom. The van der Waals surface area contributed by atoms with Gasteiger partial charge in [-0.2, -0.15) is 5.10 Å². The molecule has 0 bridgehead atoms. The molecule has 2 N–H and O–H groups in total. The highest BCUT2D eigenvalue weighted by molar-refractivity contribution is 5.99. The van der Waals surface area contributed by atoms with Crippen molar-refractivity contribution in [3.63, 3.8) is 0 Å². The number of carbonyl (C=O) groups excluding carboxylic acids is 1. The van der Waals surface area contributed by atoms with Crippen molar-refractivity contribution in [2.45, 2.75) is 40.0 Å². The zero-order valence-corrected chi connectivity index (χ0v) is 16.5. The second kappa shape index (κ2) is 7.27. The number of hydrogen-bond donors (Lipinski definition) is 2. The number of nitrogens with one attached hydrogen (secondary N) is 2. The molecule has 140 valence electrons. The smallest absolute Gasteiger partial charge is 0.308 e. The third kappa shape index (κ3) is 4.37. The van der Waals surface area contributed by atoms with Gasteiger partial charge in [-0.3, -0.25) is 5.32 Å². The van der Waals surface area contributed by atoms with E-state index in [1.807, 2.05) is 42.5 Å². The summed E-state index contributed by atoms with van der Waals surface area (Å²) in [6.45, 7) is 10.5. The summed E-state index contributed by atoms with van der Waals surface area (Å²) in [5.41, 5.74) is 4.85. The minimum atomic E-state index is -0.299. The Balaban J connectivity index is 1.94. The third-order valence-electron chi connectivity index (χ3n) is 4.49. The van der Waals surface area contributed by atoms with Crippen LogP contribution in [0.25, 0.3) is 5.69 Å². The number of anilines is 2. The Bertz CT molecular complexity index is 952. The zero-order chi connectivity index (χ0) is 19.6. The van der Waals surface area contributed by atoms with Crippen LogP contribution in [0, 0.1) is 13.8 Å². The first-order valence-corrected chi connectivity index (χ1v) is 9.05. The molecule has 3 aromatic rings. The Morgan fingerprint density at radius 1 is 0.926 bits per heavy atom. The number of carbonyl (C=O) groups is 1. The van der Waals surface area contributed by atoms with Crippen molar-refractivity contribution in [1.82, 2.24) is 9.78 Å². The van der Waals surface area contributed by atoms with Gasteiger partial charge < -0.3 is 5.32 Å². The summed E-state index contributed by atoms with van der Waals surface area (Å²) in [6, 6.07) is 17.2. The summed E-state index contributed by atoms with van der Waals surface area (Å²) in [5.74, 6) is 0.636. The highest BCUT2D eigenvalue weighted by Gasteiger charge is 2.21. The van der Waals surface area contributed by atoms with Crippen molar-refractivity contribution >= 4 is 17.5 Å². The van der Waals surface area contributed by atoms with Gasteiger partial charge in [-0.25, -0.2) is 9.48 Å². The topological polar surface area (TPSA) is 59.0 Å². The summed E-state index contributed by atoms with van der Waals surface area (Å²) in [4.78, 5) is 12.5. The molecule has 3 rings (SSSR count). The molecule has 0 spiro atoms. The molecule has 0 aliphatic rings. The molecule has 5 nitrogen and oxygen atoms in total. The van der Waals surface area contributed by atoms with E-state index in [-0.39, 0.29) is 11.4 Å². The molecule has 2 amide bonds. The summed E-state index contributed by atoms with van der Waals surface area (Å²) in [5, 5.41) is 10.5. The van der Waals surface area contributed by atoms with Crippen molar-refractivity contribution < 1.29 is 4.79 Å². The lowest BCUT2D eigenvalue weighted by molar-refractivity contribution is 0.262. The average Bonchev–Trinajstić information content (AvgIpc) is 3.02. The molecular formula is C22H26N4O. The standard InChI is InChI=1S/C22H26N4O/c1-15-11-12-18(13-16(15)2)26-20(14-19(25-26)22(3,4)5)24-21(27)23-17-9-7-6-8-10-17/h6-14H,1-5H3,(H2,23,24,27). The number of aromatic nitrogens is 2. The Kier molecular flexibility index (Phi) is 5.04. The fourth-order valence-corrected chi connectivity index (χ4v) is 2.69. The van der Waals surface area contributed by atoms with Crippen molar-refractivity contribution in [1.29, 1.82) is 0 Å². The molecule has 0 radical (unpaired) electrons. The van der Waals surface area contributed by atoms with Gasteiger partial charge in [0.15, 0.2) is 0 Å². The fraction of sp³-hybridized carbons (Fsp3) is 0.273. The maximum atomic E-state index is 12.5. The van der Waals surface area contributed by atoms with E-state index < -0.39 is 0 Å². The molecule has 0 aliphatic heterocycles. The minimum absolute atomic E-state index is 0.128. The van der Waals surface area contributed by atoms with Crippen molar-refractivity contribution in [2.75, 3.05) is 10.6 Å². The van der Waals surface area contributed by atoms with Gasteiger partial charge in [0.25, 0.3) is 0 Å². The highest BCUT2D eigenvalue weighted by Crippen LogP contribution is 2.27. The van der Waals surface area contributed by atoms with Crippen LogP contribution in [0.1, 0.15) is 37.6 Å². The molecule has 27 heavy (non-hydrogen) atoms. The first-order chi connectivity index (χ1) is 12.7. The van der Waals surface area contributed by atoms with Crippen LogP contribution >= 0.6 is 0 Å². The Labute approximate surface area is 160 Å². The van der Waals surface area contributed by atoms with Crippen molar-refractivity contribution in [2.24, 2.45) is 0 Å². The van der Waals surface area contributed by atoms with E-state index in [1.54, 1.807) is 4.68 Å². The predicted octanol–water partition coefficient (Wildman–Crippen LogP) is 5.43. The van der Waals surface area contributed by atoms with Gasteiger partial charge in [0.1, 0.15) is 5.82 Å². The second-order valence-electron chi connectivity index (χ2n) is 7.79. The molecule has 0 aliphatic carbocycles. The minimum Gasteiger partial charge on any atom is -0.308 e. The van der Waals surface area contributed by atoms with E-state index >= 15 is 0 Å². The van der Waals surface area contributed by atoms with E-state index in [0.717, 1.165) is 17.1 Å². The van der Waals surface area contributed by atoms with E-state index in [9.17, 15) is 4.79 Å². The summed E-state index contributed by atoms with van der Waals surface area (Å²) in [6.07, 6.45) is 0. The lowest BCUT2D eigenvalue weighted by Crippen LogP contribution is -2.21. The number of rotatable bonds is 3. The van der Waals surface area contributed by atoms with Crippen molar-refractivity contribution in [3.05, 3.63) is 71.4 Å². The highest BCUT2D eigenvalue weighted by atomic mass is 16.2. The van der Waals surface area contributed by atoms with E-state index in [0.29, 0.717) is 5.82 Å². The van der Waals surface area contributed by atoms with Crippen molar-refractivity contribution in [3.8, 4) is 5.69 Å². The maximum Gasteiger partial charge on any atom is 0.324 e. The van der Waals surface area contributed by atoms with Gasteiger partial charge in [-0.05, 0) is 49.2 Å². The van der Waals surface area contributed by atoms with Gasteiger partial charge in [-0.15, -0.1) is 0 Å². The molecular weight excluding hydrogens is 336 g/mol. The van der Waals surface area contributed by atoms with Crippen LogP contribution in [-0.2, 0) is 5.41 Å².